The Balaban J connectivity index is 2.47. The summed E-state index contributed by atoms with van der Waals surface area (Å²) in [4.78, 5) is 7.55. The maximum atomic E-state index is 6.09. The fourth-order valence-electron chi connectivity index (χ4n) is 1.82. The van der Waals surface area contributed by atoms with Gasteiger partial charge in [0.05, 0.1) is 18.4 Å². The zero-order chi connectivity index (χ0) is 13.1. The molecular formula is C13H16ClN3O. The zero-order valence-electron chi connectivity index (χ0n) is 10.7. The molecule has 1 aromatic carbocycles. The second-order valence-electron chi connectivity index (χ2n) is 4.09. The van der Waals surface area contributed by atoms with Crippen LogP contribution in [0.3, 0.4) is 0 Å². The molecule has 1 heterocycles. The van der Waals surface area contributed by atoms with Gasteiger partial charge in [-0.1, -0.05) is 23.2 Å². The minimum Gasteiger partial charge on any atom is -0.496 e. The zero-order valence-corrected chi connectivity index (χ0v) is 11.4. The van der Waals surface area contributed by atoms with Gasteiger partial charge in [0.1, 0.15) is 11.6 Å². The third kappa shape index (κ3) is 2.49. The highest BCUT2D eigenvalue weighted by molar-refractivity contribution is 6.30. The highest BCUT2D eigenvalue weighted by atomic mass is 35.5. The molecule has 0 aliphatic rings. The monoisotopic (exact) mass is 265 g/mol. The number of ether oxygens (including phenoxy) is 1. The number of hydrogen-bond donors (Lipinski definition) is 2. The molecule has 2 N–H and O–H groups in total. The average molecular weight is 266 g/mol. The van der Waals surface area contributed by atoms with Gasteiger partial charge in [-0.2, -0.15) is 0 Å². The lowest BCUT2D eigenvalue weighted by molar-refractivity contribution is 0.416. The molecule has 4 nitrogen and oxygen atoms in total. The number of aromatic nitrogens is 2. The number of imidazole rings is 1. The number of rotatable bonds is 4. The fourth-order valence-corrected chi connectivity index (χ4v) is 2.02. The van der Waals surface area contributed by atoms with Crippen molar-refractivity contribution in [3.05, 3.63) is 34.6 Å². The van der Waals surface area contributed by atoms with E-state index in [-0.39, 0.29) is 0 Å². The van der Waals surface area contributed by atoms with Gasteiger partial charge in [-0.05, 0) is 26.1 Å². The van der Waals surface area contributed by atoms with E-state index < -0.39 is 0 Å². The first-order valence-electron chi connectivity index (χ1n) is 5.69. The minimum absolute atomic E-state index is 0.489. The SMILES string of the molecule is CNCc1[nH]c(-c2cc(C)ccc2OC)nc1Cl. The number of aromatic amines is 1. The number of halogens is 1. The van der Waals surface area contributed by atoms with Crippen LogP contribution in [0.4, 0.5) is 0 Å². The molecule has 0 atom stereocenters. The normalized spacial score (nSPS) is 10.7. The van der Waals surface area contributed by atoms with Gasteiger partial charge < -0.3 is 15.0 Å². The highest BCUT2D eigenvalue weighted by Gasteiger charge is 2.13. The maximum Gasteiger partial charge on any atom is 0.152 e. The molecule has 18 heavy (non-hydrogen) atoms. The first-order chi connectivity index (χ1) is 8.65. The Morgan fingerprint density at radius 1 is 1.44 bits per heavy atom. The summed E-state index contributed by atoms with van der Waals surface area (Å²) in [6, 6.07) is 5.96. The molecule has 0 saturated carbocycles. The van der Waals surface area contributed by atoms with E-state index in [0.717, 1.165) is 28.4 Å². The lowest BCUT2D eigenvalue weighted by Crippen LogP contribution is -2.05. The third-order valence-electron chi connectivity index (χ3n) is 2.69. The molecule has 1 aromatic heterocycles. The van der Waals surface area contributed by atoms with Crippen molar-refractivity contribution >= 4 is 11.6 Å². The molecule has 0 bridgehead atoms. The van der Waals surface area contributed by atoms with Crippen molar-refractivity contribution in [1.82, 2.24) is 15.3 Å². The van der Waals surface area contributed by atoms with E-state index in [1.165, 1.54) is 0 Å². The van der Waals surface area contributed by atoms with Crippen LogP contribution in [0.5, 0.6) is 5.75 Å². The summed E-state index contributed by atoms with van der Waals surface area (Å²) in [5.74, 6) is 1.51. The number of benzene rings is 1. The van der Waals surface area contributed by atoms with Crippen molar-refractivity contribution < 1.29 is 4.74 Å². The molecule has 0 radical (unpaired) electrons. The van der Waals surface area contributed by atoms with Crippen LogP contribution in [-0.2, 0) is 6.54 Å². The fraction of sp³-hybridized carbons (Fsp3) is 0.308. The third-order valence-corrected chi connectivity index (χ3v) is 3.00. The van der Waals surface area contributed by atoms with Gasteiger partial charge in [-0.3, -0.25) is 0 Å². The molecule has 0 saturated heterocycles. The van der Waals surface area contributed by atoms with E-state index in [4.69, 9.17) is 16.3 Å². The van der Waals surface area contributed by atoms with E-state index in [1.807, 2.05) is 32.2 Å². The highest BCUT2D eigenvalue weighted by Crippen LogP contribution is 2.30. The van der Waals surface area contributed by atoms with Gasteiger partial charge >= 0.3 is 0 Å². The van der Waals surface area contributed by atoms with Gasteiger partial charge in [0.15, 0.2) is 5.15 Å². The Kier molecular flexibility index (Phi) is 3.89. The van der Waals surface area contributed by atoms with E-state index in [9.17, 15) is 0 Å². The Morgan fingerprint density at radius 3 is 2.89 bits per heavy atom. The van der Waals surface area contributed by atoms with Gasteiger partial charge in [-0.25, -0.2) is 4.98 Å². The quantitative estimate of drug-likeness (QED) is 0.894. The molecular weight excluding hydrogens is 250 g/mol. The van der Waals surface area contributed by atoms with Crippen LogP contribution < -0.4 is 10.1 Å². The van der Waals surface area contributed by atoms with Gasteiger partial charge in [0, 0.05) is 6.54 Å². The lowest BCUT2D eigenvalue weighted by Gasteiger charge is -2.06. The molecule has 5 heteroatoms. The van der Waals surface area contributed by atoms with Crippen LogP contribution in [0.2, 0.25) is 5.15 Å². The van der Waals surface area contributed by atoms with E-state index in [1.54, 1.807) is 7.11 Å². The smallest absolute Gasteiger partial charge is 0.152 e. The Bertz CT molecular complexity index is 551. The molecule has 96 valence electrons. The maximum absolute atomic E-state index is 6.09. The second-order valence-corrected chi connectivity index (χ2v) is 4.45. The molecule has 2 rings (SSSR count). The molecule has 0 unspecified atom stereocenters. The van der Waals surface area contributed by atoms with Crippen LogP contribution in [0, 0.1) is 6.92 Å². The summed E-state index contributed by atoms with van der Waals surface area (Å²) in [5.41, 5.74) is 2.94. The van der Waals surface area contributed by atoms with Crippen molar-refractivity contribution in [2.75, 3.05) is 14.2 Å². The molecule has 0 fully saturated rings. The number of nitrogens with zero attached hydrogens (tertiary/aromatic N) is 1. The predicted molar refractivity (Wildman–Crippen MR) is 73.1 cm³/mol. The van der Waals surface area contributed by atoms with Gasteiger partial charge in [-0.15, -0.1) is 0 Å². The van der Waals surface area contributed by atoms with E-state index in [2.05, 4.69) is 15.3 Å². The van der Waals surface area contributed by atoms with Gasteiger partial charge in [0.2, 0.25) is 0 Å². The molecule has 2 aromatic rings. The average Bonchev–Trinajstić information content (AvgIpc) is 2.71. The Hall–Kier alpha value is -1.52. The summed E-state index contributed by atoms with van der Waals surface area (Å²) in [7, 11) is 3.51. The molecule has 0 aliphatic carbocycles. The van der Waals surface area contributed by atoms with Crippen LogP contribution in [0.1, 0.15) is 11.3 Å². The molecule has 0 aliphatic heterocycles. The number of aryl methyl sites for hydroxylation is 1. The van der Waals surface area contributed by atoms with Crippen molar-refractivity contribution in [2.45, 2.75) is 13.5 Å². The number of methoxy groups -OCH3 is 1. The second kappa shape index (κ2) is 5.42. The van der Waals surface area contributed by atoms with Crippen LogP contribution in [0.25, 0.3) is 11.4 Å². The van der Waals surface area contributed by atoms with Gasteiger partial charge in [0.25, 0.3) is 0 Å². The van der Waals surface area contributed by atoms with E-state index >= 15 is 0 Å². The predicted octanol–water partition coefficient (Wildman–Crippen LogP) is 2.77. The minimum atomic E-state index is 0.489. The van der Waals surface area contributed by atoms with Crippen molar-refractivity contribution in [1.29, 1.82) is 0 Å². The number of H-pyrrole nitrogens is 1. The van der Waals surface area contributed by atoms with Crippen molar-refractivity contribution in [2.24, 2.45) is 0 Å². The summed E-state index contributed by atoms with van der Waals surface area (Å²) in [5, 5.41) is 3.53. The lowest BCUT2D eigenvalue weighted by atomic mass is 10.1. The van der Waals surface area contributed by atoms with Crippen molar-refractivity contribution in [3.8, 4) is 17.1 Å². The summed E-state index contributed by atoms with van der Waals surface area (Å²) >= 11 is 6.09. The topological polar surface area (TPSA) is 49.9 Å². The van der Waals surface area contributed by atoms with Crippen LogP contribution in [-0.4, -0.2) is 24.1 Å². The largest absolute Gasteiger partial charge is 0.496 e. The van der Waals surface area contributed by atoms with Crippen LogP contribution in [0.15, 0.2) is 18.2 Å². The van der Waals surface area contributed by atoms with E-state index in [0.29, 0.717) is 11.7 Å². The molecule has 0 spiro atoms. The van der Waals surface area contributed by atoms with Crippen molar-refractivity contribution in [3.63, 3.8) is 0 Å². The molecule has 0 amide bonds. The Morgan fingerprint density at radius 2 is 2.22 bits per heavy atom. The Labute approximate surface area is 111 Å². The van der Waals surface area contributed by atoms with Crippen LogP contribution >= 0.6 is 11.6 Å². The standard InChI is InChI=1S/C13H16ClN3O/c1-8-4-5-11(18-3)9(6-8)13-16-10(7-15-2)12(14)17-13/h4-6,15H,7H2,1-3H3,(H,16,17). The number of nitrogens with one attached hydrogen (secondary N) is 2. The summed E-state index contributed by atoms with van der Waals surface area (Å²) < 4.78 is 5.35. The first kappa shape index (κ1) is 12.9. The first-order valence-corrected chi connectivity index (χ1v) is 6.07. The summed E-state index contributed by atoms with van der Waals surface area (Å²) in [6.45, 7) is 2.68. The summed E-state index contributed by atoms with van der Waals surface area (Å²) in [6.07, 6.45) is 0. The number of hydrogen-bond acceptors (Lipinski definition) is 3.